The molecule has 0 spiro atoms. The zero-order chi connectivity index (χ0) is 20.4. The molecule has 3 atom stereocenters. The standard InChI is InChI=1S/C24H28ClN3O/c1-16-14-28(15-18-7-4-3-5-8-18)17(2)11-22(16)27-13-19-12-21(25)20-9-6-10-26-23(20)24(19)29/h3-10,12,16-17,22,27,29H,11,13-15H2,1-2H3. The van der Waals surface area contributed by atoms with Crippen LogP contribution in [0.3, 0.4) is 0 Å². The zero-order valence-electron chi connectivity index (χ0n) is 17.0. The topological polar surface area (TPSA) is 48.4 Å². The van der Waals surface area contributed by atoms with Gasteiger partial charge in [-0.2, -0.15) is 0 Å². The lowest BCUT2D eigenvalue weighted by Crippen LogP contribution is -2.51. The monoisotopic (exact) mass is 409 g/mol. The Bertz CT molecular complexity index is 979. The van der Waals surface area contributed by atoms with Gasteiger partial charge in [0.1, 0.15) is 11.3 Å². The van der Waals surface area contributed by atoms with Gasteiger partial charge in [-0.05, 0) is 43.0 Å². The third kappa shape index (κ3) is 4.40. The number of hydrogen-bond acceptors (Lipinski definition) is 4. The van der Waals surface area contributed by atoms with Gasteiger partial charge in [-0.15, -0.1) is 0 Å². The van der Waals surface area contributed by atoms with Crippen molar-refractivity contribution < 1.29 is 5.11 Å². The Morgan fingerprint density at radius 3 is 2.76 bits per heavy atom. The number of nitrogens with zero attached hydrogens (tertiary/aromatic N) is 2. The van der Waals surface area contributed by atoms with Crippen LogP contribution >= 0.6 is 11.6 Å². The fourth-order valence-electron chi connectivity index (χ4n) is 4.36. The number of rotatable bonds is 5. The van der Waals surface area contributed by atoms with Crippen LogP contribution in [0.15, 0.2) is 54.7 Å². The summed E-state index contributed by atoms with van der Waals surface area (Å²) in [5.74, 6) is 0.742. The molecule has 1 fully saturated rings. The quantitative estimate of drug-likeness (QED) is 0.623. The van der Waals surface area contributed by atoms with E-state index in [1.54, 1.807) is 6.20 Å². The summed E-state index contributed by atoms with van der Waals surface area (Å²) in [7, 11) is 0. The highest BCUT2D eigenvalue weighted by atomic mass is 35.5. The Labute approximate surface area is 177 Å². The number of aromatic nitrogens is 1. The second-order valence-electron chi connectivity index (χ2n) is 8.23. The van der Waals surface area contributed by atoms with Crippen molar-refractivity contribution in [2.45, 2.75) is 45.4 Å². The number of phenols is 1. The van der Waals surface area contributed by atoms with Crippen LogP contribution in [-0.2, 0) is 13.1 Å². The van der Waals surface area contributed by atoms with Crippen LogP contribution in [0.1, 0.15) is 31.4 Å². The van der Waals surface area contributed by atoms with Crippen LogP contribution in [0, 0.1) is 5.92 Å². The predicted molar refractivity (Wildman–Crippen MR) is 119 cm³/mol. The number of pyridine rings is 1. The van der Waals surface area contributed by atoms with E-state index in [1.165, 1.54) is 5.56 Å². The highest BCUT2D eigenvalue weighted by Crippen LogP contribution is 2.33. The molecule has 2 aromatic carbocycles. The van der Waals surface area contributed by atoms with Crippen molar-refractivity contribution >= 4 is 22.5 Å². The van der Waals surface area contributed by atoms with Crippen molar-refractivity contribution in [1.82, 2.24) is 15.2 Å². The van der Waals surface area contributed by atoms with E-state index in [1.807, 2.05) is 18.2 Å². The maximum Gasteiger partial charge on any atom is 0.146 e. The lowest BCUT2D eigenvalue weighted by Gasteiger charge is -2.42. The molecule has 0 saturated carbocycles. The van der Waals surface area contributed by atoms with Crippen molar-refractivity contribution in [3.05, 3.63) is 70.9 Å². The second kappa shape index (κ2) is 8.70. The van der Waals surface area contributed by atoms with E-state index in [0.717, 1.165) is 30.5 Å². The molecule has 152 valence electrons. The van der Waals surface area contributed by atoms with Crippen LogP contribution < -0.4 is 5.32 Å². The lowest BCUT2D eigenvalue weighted by atomic mass is 9.89. The number of hydrogen-bond donors (Lipinski definition) is 2. The van der Waals surface area contributed by atoms with Crippen LogP contribution in [0.2, 0.25) is 5.02 Å². The summed E-state index contributed by atoms with van der Waals surface area (Å²) in [6.07, 6.45) is 2.76. The van der Waals surface area contributed by atoms with Crippen LogP contribution in [0.4, 0.5) is 0 Å². The van der Waals surface area contributed by atoms with Gasteiger partial charge in [0, 0.05) is 48.9 Å². The minimum absolute atomic E-state index is 0.222. The number of benzene rings is 2. The van der Waals surface area contributed by atoms with E-state index in [9.17, 15) is 5.11 Å². The Balaban J connectivity index is 1.42. The first-order valence-corrected chi connectivity index (χ1v) is 10.7. The van der Waals surface area contributed by atoms with E-state index in [-0.39, 0.29) is 5.75 Å². The highest BCUT2D eigenvalue weighted by Gasteiger charge is 2.30. The van der Waals surface area contributed by atoms with Crippen LogP contribution in [0.25, 0.3) is 10.9 Å². The summed E-state index contributed by atoms with van der Waals surface area (Å²) in [4.78, 5) is 6.87. The molecular formula is C24H28ClN3O. The van der Waals surface area contributed by atoms with E-state index < -0.39 is 0 Å². The number of piperidine rings is 1. The van der Waals surface area contributed by atoms with Gasteiger partial charge in [0.2, 0.25) is 0 Å². The first kappa shape index (κ1) is 20.1. The average Bonchev–Trinajstić information content (AvgIpc) is 2.73. The van der Waals surface area contributed by atoms with E-state index in [0.29, 0.717) is 35.1 Å². The largest absolute Gasteiger partial charge is 0.505 e. The number of fused-ring (bicyclic) bond motifs is 1. The number of halogens is 1. The van der Waals surface area contributed by atoms with E-state index in [2.05, 4.69) is 59.4 Å². The van der Waals surface area contributed by atoms with E-state index >= 15 is 0 Å². The molecule has 2 heterocycles. The molecule has 2 N–H and O–H groups in total. The van der Waals surface area contributed by atoms with Crippen LogP contribution in [0.5, 0.6) is 5.75 Å². The molecule has 4 rings (SSSR count). The van der Waals surface area contributed by atoms with Gasteiger partial charge in [-0.25, -0.2) is 0 Å². The summed E-state index contributed by atoms with van der Waals surface area (Å²) < 4.78 is 0. The average molecular weight is 410 g/mol. The summed E-state index contributed by atoms with van der Waals surface area (Å²) in [5, 5.41) is 15.7. The highest BCUT2D eigenvalue weighted by molar-refractivity contribution is 6.35. The molecule has 1 saturated heterocycles. The zero-order valence-corrected chi connectivity index (χ0v) is 17.7. The van der Waals surface area contributed by atoms with Crippen molar-refractivity contribution in [3.8, 4) is 5.75 Å². The van der Waals surface area contributed by atoms with Gasteiger partial charge < -0.3 is 10.4 Å². The fourth-order valence-corrected chi connectivity index (χ4v) is 4.65. The number of likely N-dealkylation sites (tertiary alicyclic amines) is 1. The number of aromatic hydroxyl groups is 1. The molecule has 3 aromatic rings. The number of nitrogens with one attached hydrogen (secondary N) is 1. The third-order valence-corrected chi connectivity index (χ3v) is 6.42. The second-order valence-corrected chi connectivity index (χ2v) is 8.64. The Morgan fingerprint density at radius 1 is 1.17 bits per heavy atom. The van der Waals surface area contributed by atoms with Crippen molar-refractivity contribution in [3.63, 3.8) is 0 Å². The lowest BCUT2D eigenvalue weighted by molar-refractivity contribution is 0.0879. The van der Waals surface area contributed by atoms with Crippen LogP contribution in [-0.4, -0.2) is 33.6 Å². The molecule has 29 heavy (non-hydrogen) atoms. The molecule has 1 aliphatic heterocycles. The Morgan fingerprint density at radius 2 is 1.97 bits per heavy atom. The van der Waals surface area contributed by atoms with E-state index in [4.69, 9.17) is 11.6 Å². The summed E-state index contributed by atoms with van der Waals surface area (Å²) >= 11 is 6.42. The van der Waals surface area contributed by atoms with Gasteiger partial charge in [-0.1, -0.05) is 48.9 Å². The number of phenolic OH excluding ortho intramolecular Hbond substituents is 1. The van der Waals surface area contributed by atoms with Gasteiger partial charge in [0.15, 0.2) is 0 Å². The van der Waals surface area contributed by atoms with Gasteiger partial charge in [0.05, 0.1) is 5.02 Å². The first-order valence-electron chi connectivity index (χ1n) is 10.3. The smallest absolute Gasteiger partial charge is 0.146 e. The van der Waals surface area contributed by atoms with Gasteiger partial charge >= 0.3 is 0 Å². The summed E-state index contributed by atoms with van der Waals surface area (Å²) in [6.45, 7) is 7.23. The molecule has 4 nitrogen and oxygen atoms in total. The predicted octanol–water partition coefficient (Wildman–Crippen LogP) is 4.98. The summed E-state index contributed by atoms with van der Waals surface area (Å²) in [5.41, 5.74) is 2.73. The molecule has 1 aromatic heterocycles. The first-order chi connectivity index (χ1) is 14.0. The van der Waals surface area contributed by atoms with Crippen molar-refractivity contribution in [1.29, 1.82) is 0 Å². The molecule has 0 aliphatic carbocycles. The molecule has 5 heteroatoms. The SMILES string of the molecule is CC1CN(Cc2ccccc2)C(C)CC1NCc1cc(Cl)c2cccnc2c1O. The molecular weight excluding hydrogens is 382 g/mol. The molecule has 0 radical (unpaired) electrons. The van der Waals surface area contributed by atoms with Crippen molar-refractivity contribution in [2.75, 3.05) is 6.54 Å². The Kier molecular flexibility index (Phi) is 6.04. The molecule has 0 bridgehead atoms. The van der Waals surface area contributed by atoms with Gasteiger partial charge in [-0.3, -0.25) is 9.88 Å². The maximum absolute atomic E-state index is 10.7. The molecule has 3 unspecified atom stereocenters. The molecule has 1 aliphatic rings. The Hall–Kier alpha value is -2.14. The summed E-state index contributed by atoms with van der Waals surface area (Å²) in [6, 6.07) is 17.1. The normalized spacial score (nSPS) is 22.8. The fraction of sp³-hybridized carbons (Fsp3) is 0.375. The van der Waals surface area contributed by atoms with Crippen molar-refractivity contribution in [2.24, 2.45) is 5.92 Å². The van der Waals surface area contributed by atoms with Gasteiger partial charge in [0.25, 0.3) is 0 Å². The minimum Gasteiger partial charge on any atom is -0.505 e. The molecule has 0 amide bonds. The third-order valence-electron chi connectivity index (χ3n) is 6.11. The maximum atomic E-state index is 10.7. The minimum atomic E-state index is 0.222.